The first-order chi connectivity index (χ1) is 17.0. The molecule has 1 aromatic carbocycles. The molecule has 35 heavy (non-hydrogen) atoms. The highest BCUT2D eigenvalue weighted by Crippen LogP contribution is 2.34. The van der Waals surface area contributed by atoms with Gasteiger partial charge in [-0.25, -0.2) is 19.9 Å². The summed E-state index contributed by atoms with van der Waals surface area (Å²) in [4.78, 5) is 26.9. The zero-order valence-electron chi connectivity index (χ0n) is 19.1. The van der Waals surface area contributed by atoms with Crippen molar-refractivity contribution in [1.29, 1.82) is 0 Å². The predicted molar refractivity (Wildman–Crippen MR) is 139 cm³/mol. The van der Waals surface area contributed by atoms with E-state index in [-0.39, 0.29) is 6.10 Å². The van der Waals surface area contributed by atoms with E-state index in [1.165, 1.54) is 23.1 Å². The summed E-state index contributed by atoms with van der Waals surface area (Å²) in [6.07, 6.45) is 6.75. The number of nitrogens with one attached hydrogen (secondary N) is 1. The normalized spacial score (nSPS) is 14.8. The van der Waals surface area contributed by atoms with Crippen molar-refractivity contribution in [3.8, 4) is 10.6 Å². The summed E-state index contributed by atoms with van der Waals surface area (Å²) in [5.74, 6) is 0.637. The molecule has 4 heterocycles. The number of benzene rings is 1. The highest BCUT2D eigenvalue weighted by atomic mass is 35.5. The Morgan fingerprint density at radius 1 is 1.11 bits per heavy atom. The molecule has 0 unspecified atom stereocenters. The molecule has 0 bridgehead atoms. The van der Waals surface area contributed by atoms with Crippen LogP contribution in [-0.2, 0) is 6.54 Å². The van der Waals surface area contributed by atoms with Crippen molar-refractivity contribution in [2.24, 2.45) is 0 Å². The number of likely N-dealkylation sites (tertiary alicyclic amines) is 1. The first-order valence-corrected chi connectivity index (χ1v) is 13.3. The van der Waals surface area contributed by atoms with Gasteiger partial charge in [0.25, 0.3) is 0 Å². The minimum Gasteiger partial charge on any atom is -0.393 e. The molecular weight excluding hydrogens is 502 g/mol. The van der Waals surface area contributed by atoms with Crippen molar-refractivity contribution in [2.45, 2.75) is 42.5 Å². The van der Waals surface area contributed by atoms with E-state index in [0.717, 1.165) is 59.3 Å². The lowest BCUT2D eigenvalue weighted by molar-refractivity contribution is 0.0786. The second-order valence-corrected chi connectivity index (χ2v) is 10.7. The van der Waals surface area contributed by atoms with Gasteiger partial charge in [0.2, 0.25) is 0 Å². The van der Waals surface area contributed by atoms with Crippen molar-refractivity contribution >= 4 is 45.6 Å². The monoisotopic (exact) mass is 525 g/mol. The fourth-order valence-corrected chi connectivity index (χ4v) is 5.58. The molecule has 1 aliphatic rings. The van der Waals surface area contributed by atoms with Gasteiger partial charge in [-0.3, -0.25) is 9.88 Å². The van der Waals surface area contributed by atoms with Crippen LogP contribution in [0.15, 0.2) is 59.0 Å². The average molecular weight is 526 g/mol. The van der Waals surface area contributed by atoms with Crippen LogP contribution >= 0.6 is 34.7 Å². The lowest BCUT2D eigenvalue weighted by atomic mass is 10.1. The van der Waals surface area contributed by atoms with Gasteiger partial charge in [0.05, 0.1) is 39.8 Å². The van der Waals surface area contributed by atoms with Crippen LogP contribution in [0.2, 0.25) is 5.02 Å². The van der Waals surface area contributed by atoms with Gasteiger partial charge in [-0.2, -0.15) is 0 Å². The second kappa shape index (κ2) is 11.0. The molecule has 0 aliphatic carbocycles. The van der Waals surface area contributed by atoms with E-state index in [4.69, 9.17) is 16.6 Å². The van der Waals surface area contributed by atoms with E-state index >= 15 is 0 Å². The van der Waals surface area contributed by atoms with E-state index < -0.39 is 0 Å². The van der Waals surface area contributed by atoms with E-state index in [1.54, 1.807) is 18.6 Å². The molecule has 0 radical (unpaired) electrons. The van der Waals surface area contributed by atoms with Gasteiger partial charge in [0, 0.05) is 36.4 Å². The van der Waals surface area contributed by atoms with E-state index in [0.29, 0.717) is 21.1 Å². The van der Waals surface area contributed by atoms with Crippen LogP contribution in [0, 0.1) is 6.92 Å². The maximum absolute atomic E-state index is 9.66. The summed E-state index contributed by atoms with van der Waals surface area (Å²) in [6, 6.07) is 9.61. The topological polar surface area (TPSA) is 100.0 Å². The van der Waals surface area contributed by atoms with Crippen LogP contribution in [0.4, 0.5) is 10.9 Å². The number of aliphatic hydroxyl groups is 1. The van der Waals surface area contributed by atoms with Crippen LogP contribution in [0.5, 0.6) is 0 Å². The highest BCUT2D eigenvalue weighted by Gasteiger charge is 2.17. The van der Waals surface area contributed by atoms with Gasteiger partial charge < -0.3 is 10.4 Å². The van der Waals surface area contributed by atoms with Gasteiger partial charge >= 0.3 is 0 Å². The average Bonchev–Trinajstić information content (AvgIpc) is 3.32. The standard InChI is InChI=1S/C24H24ClN7OS2/c1-15-10-19(30-24(29-15)34-20-5-3-2-4-18(20)25)21-12-28-23(35-21)31-22-13-26-16(11-27-22)14-32-8-6-17(33)7-9-32/h2-5,10-13,17,33H,6-9,14H2,1H3,(H,27,28,31). The number of aryl methyl sites for hydroxylation is 1. The van der Waals surface area contributed by atoms with Gasteiger partial charge in [-0.05, 0) is 49.7 Å². The van der Waals surface area contributed by atoms with Crippen LogP contribution in [0.1, 0.15) is 24.2 Å². The fourth-order valence-electron chi connectivity index (χ4n) is 3.71. The van der Waals surface area contributed by atoms with Crippen LogP contribution in [-0.4, -0.2) is 54.1 Å². The summed E-state index contributed by atoms with van der Waals surface area (Å²) in [5, 5.41) is 14.9. The number of aromatic nitrogens is 5. The van der Waals surface area contributed by atoms with Gasteiger partial charge in [0.1, 0.15) is 0 Å². The number of halogens is 1. The maximum atomic E-state index is 9.66. The van der Waals surface area contributed by atoms with E-state index in [1.807, 2.05) is 37.3 Å². The minimum absolute atomic E-state index is 0.175. The van der Waals surface area contributed by atoms with Gasteiger partial charge in [-0.1, -0.05) is 35.1 Å². The van der Waals surface area contributed by atoms with Gasteiger partial charge in [-0.15, -0.1) is 0 Å². The summed E-state index contributed by atoms with van der Waals surface area (Å²) in [6.45, 7) is 4.45. The zero-order valence-corrected chi connectivity index (χ0v) is 21.4. The first-order valence-electron chi connectivity index (χ1n) is 11.2. The molecule has 0 spiro atoms. The molecule has 11 heteroatoms. The first kappa shape index (κ1) is 24.1. The Kier molecular flexibility index (Phi) is 7.54. The summed E-state index contributed by atoms with van der Waals surface area (Å²) < 4.78 is 0. The Balaban J connectivity index is 1.24. The molecule has 1 aliphatic heterocycles. The number of piperidine rings is 1. The molecular formula is C24H24ClN7OS2. The van der Waals surface area contributed by atoms with Crippen molar-refractivity contribution < 1.29 is 5.11 Å². The lowest BCUT2D eigenvalue weighted by Crippen LogP contribution is -2.35. The van der Waals surface area contributed by atoms with Crippen LogP contribution in [0.3, 0.4) is 0 Å². The molecule has 4 aromatic rings. The zero-order chi connectivity index (χ0) is 24.2. The number of anilines is 2. The molecule has 0 saturated carbocycles. The molecule has 5 rings (SSSR count). The molecule has 8 nitrogen and oxygen atoms in total. The van der Waals surface area contributed by atoms with Crippen molar-refractivity contribution in [3.63, 3.8) is 0 Å². The Labute approximate surface area is 216 Å². The third kappa shape index (κ3) is 6.33. The highest BCUT2D eigenvalue weighted by molar-refractivity contribution is 7.99. The minimum atomic E-state index is -0.175. The smallest absolute Gasteiger partial charge is 0.193 e. The number of aliphatic hydroxyl groups excluding tert-OH is 1. The Bertz CT molecular complexity index is 1290. The number of rotatable bonds is 7. The summed E-state index contributed by atoms with van der Waals surface area (Å²) in [5.41, 5.74) is 2.59. The van der Waals surface area contributed by atoms with Crippen molar-refractivity contribution in [1.82, 2.24) is 29.8 Å². The van der Waals surface area contributed by atoms with Crippen molar-refractivity contribution in [3.05, 3.63) is 65.3 Å². The quantitative estimate of drug-likeness (QED) is 0.315. The number of thiazole rings is 1. The van der Waals surface area contributed by atoms with Crippen LogP contribution < -0.4 is 5.32 Å². The SMILES string of the molecule is Cc1cc(-c2cnc(Nc3cnc(CN4CCC(O)CC4)cn3)s2)nc(Sc2ccccc2Cl)n1. The maximum Gasteiger partial charge on any atom is 0.193 e. The fraction of sp³-hybridized carbons (Fsp3) is 0.292. The summed E-state index contributed by atoms with van der Waals surface area (Å²) >= 11 is 9.23. The molecule has 3 aromatic heterocycles. The number of hydrogen-bond acceptors (Lipinski definition) is 10. The summed E-state index contributed by atoms with van der Waals surface area (Å²) in [7, 11) is 0. The Hall–Kier alpha value is -2.63. The third-order valence-corrected chi connectivity index (χ3v) is 7.83. The molecule has 2 N–H and O–H groups in total. The largest absolute Gasteiger partial charge is 0.393 e. The van der Waals surface area contributed by atoms with E-state index in [2.05, 4.69) is 30.2 Å². The third-order valence-electron chi connectivity index (χ3n) is 5.51. The number of nitrogens with zero attached hydrogens (tertiary/aromatic N) is 6. The Morgan fingerprint density at radius 2 is 1.94 bits per heavy atom. The van der Waals surface area contributed by atoms with Gasteiger partial charge in [0.15, 0.2) is 16.1 Å². The predicted octanol–water partition coefficient (Wildman–Crippen LogP) is 5.20. The Morgan fingerprint density at radius 3 is 2.71 bits per heavy atom. The van der Waals surface area contributed by atoms with E-state index in [9.17, 15) is 5.11 Å². The molecule has 180 valence electrons. The number of hydrogen-bond donors (Lipinski definition) is 2. The molecule has 1 fully saturated rings. The molecule has 0 amide bonds. The molecule has 1 saturated heterocycles. The second-order valence-electron chi connectivity index (χ2n) is 8.26. The van der Waals surface area contributed by atoms with Crippen molar-refractivity contribution in [2.75, 3.05) is 18.4 Å². The lowest BCUT2D eigenvalue weighted by Gasteiger charge is -2.28. The van der Waals surface area contributed by atoms with Crippen LogP contribution in [0.25, 0.3) is 10.6 Å². The molecule has 0 atom stereocenters.